The summed E-state index contributed by atoms with van der Waals surface area (Å²) in [6.45, 7) is 4.07. The predicted octanol–water partition coefficient (Wildman–Crippen LogP) is 2.26. The number of hydrogen-bond donors (Lipinski definition) is 2. The number of ether oxygens (including phenoxy) is 1. The third-order valence-corrected chi connectivity index (χ3v) is 3.90. The summed E-state index contributed by atoms with van der Waals surface area (Å²) < 4.78 is 5.21. The van der Waals surface area contributed by atoms with Gasteiger partial charge in [0.25, 0.3) is 0 Å². The lowest BCUT2D eigenvalue weighted by Gasteiger charge is -2.23. The van der Waals surface area contributed by atoms with Crippen LogP contribution in [0.25, 0.3) is 0 Å². The van der Waals surface area contributed by atoms with Crippen LogP contribution in [0, 0.1) is 5.92 Å². The number of nitrogens with one attached hydrogen (secondary N) is 2. The Morgan fingerprint density at radius 3 is 2.90 bits per heavy atom. The maximum atomic E-state index is 12.1. The van der Waals surface area contributed by atoms with Gasteiger partial charge >= 0.3 is 0 Å². The van der Waals surface area contributed by atoms with Crippen molar-refractivity contribution in [1.82, 2.24) is 10.6 Å². The van der Waals surface area contributed by atoms with Crippen molar-refractivity contribution in [3.8, 4) is 5.75 Å². The summed E-state index contributed by atoms with van der Waals surface area (Å²) >= 11 is 0. The summed E-state index contributed by atoms with van der Waals surface area (Å²) in [7, 11) is 1.65. The minimum absolute atomic E-state index is 0.0133. The Morgan fingerprint density at radius 1 is 1.45 bits per heavy atom. The van der Waals surface area contributed by atoms with E-state index in [1.165, 1.54) is 0 Å². The summed E-state index contributed by atoms with van der Waals surface area (Å²) in [6.07, 6.45) is 2.83. The molecule has 1 aromatic carbocycles. The summed E-state index contributed by atoms with van der Waals surface area (Å²) in [5.74, 6) is 1.49. The van der Waals surface area contributed by atoms with Crippen LogP contribution in [0.5, 0.6) is 5.75 Å². The van der Waals surface area contributed by atoms with Crippen molar-refractivity contribution in [3.63, 3.8) is 0 Å². The maximum absolute atomic E-state index is 12.1. The molecule has 0 bridgehead atoms. The van der Waals surface area contributed by atoms with Crippen molar-refractivity contribution in [2.45, 2.75) is 32.2 Å². The lowest BCUT2D eigenvalue weighted by molar-refractivity contribution is -0.122. The SMILES string of the molecule is COc1cccc([C@H](C)NC(=O)CC2CCNCC2)c1. The van der Waals surface area contributed by atoms with E-state index in [9.17, 15) is 4.79 Å². The lowest BCUT2D eigenvalue weighted by Crippen LogP contribution is -2.33. The first-order valence-electron chi connectivity index (χ1n) is 7.33. The van der Waals surface area contributed by atoms with Gasteiger partial charge in [0.15, 0.2) is 0 Å². The van der Waals surface area contributed by atoms with Crippen molar-refractivity contribution in [1.29, 1.82) is 0 Å². The highest BCUT2D eigenvalue weighted by Gasteiger charge is 2.18. The van der Waals surface area contributed by atoms with Gasteiger partial charge in [0, 0.05) is 6.42 Å². The first kappa shape index (κ1) is 14.9. The number of piperidine rings is 1. The maximum Gasteiger partial charge on any atom is 0.220 e. The molecule has 2 rings (SSSR count). The van der Waals surface area contributed by atoms with Crippen LogP contribution in [0.2, 0.25) is 0 Å². The van der Waals surface area contributed by atoms with Gasteiger partial charge in [-0.3, -0.25) is 4.79 Å². The Hall–Kier alpha value is -1.55. The molecule has 0 saturated carbocycles. The van der Waals surface area contributed by atoms with Crippen LogP contribution in [0.3, 0.4) is 0 Å². The average Bonchev–Trinajstić information content (AvgIpc) is 2.48. The molecule has 0 spiro atoms. The molecule has 110 valence electrons. The highest BCUT2D eigenvalue weighted by atomic mass is 16.5. The highest BCUT2D eigenvalue weighted by molar-refractivity contribution is 5.76. The number of carbonyl (C=O) groups is 1. The van der Waals surface area contributed by atoms with Gasteiger partial charge in [-0.05, 0) is 56.5 Å². The molecule has 0 radical (unpaired) electrons. The number of benzene rings is 1. The number of hydrogen-bond acceptors (Lipinski definition) is 3. The fourth-order valence-corrected chi connectivity index (χ4v) is 2.64. The van der Waals surface area contributed by atoms with Gasteiger partial charge in [0.1, 0.15) is 5.75 Å². The topological polar surface area (TPSA) is 50.4 Å². The summed E-state index contributed by atoms with van der Waals surface area (Å²) in [6, 6.07) is 7.85. The van der Waals surface area contributed by atoms with Gasteiger partial charge in [-0.25, -0.2) is 0 Å². The molecule has 2 N–H and O–H groups in total. The van der Waals surface area contributed by atoms with E-state index in [4.69, 9.17) is 4.74 Å². The molecule has 1 aliphatic heterocycles. The summed E-state index contributed by atoms with van der Waals surface area (Å²) in [5.41, 5.74) is 1.07. The molecule has 0 aliphatic carbocycles. The number of rotatable bonds is 5. The highest BCUT2D eigenvalue weighted by Crippen LogP contribution is 2.20. The van der Waals surface area contributed by atoms with E-state index in [0.29, 0.717) is 12.3 Å². The lowest BCUT2D eigenvalue weighted by atomic mass is 9.94. The molecular weight excluding hydrogens is 252 g/mol. The largest absolute Gasteiger partial charge is 0.497 e. The Kier molecular flexibility index (Phi) is 5.41. The Labute approximate surface area is 120 Å². The minimum atomic E-state index is 0.0133. The number of amides is 1. The van der Waals surface area contributed by atoms with Gasteiger partial charge in [-0.2, -0.15) is 0 Å². The molecule has 20 heavy (non-hydrogen) atoms. The fourth-order valence-electron chi connectivity index (χ4n) is 2.64. The van der Waals surface area contributed by atoms with Crippen molar-refractivity contribution >= 4 is 5.91 Å². The van der Waals surface area contributed by atoms with Crippen molar-refractivity contribution in [2.24, 2.45) is 5.92 Å². The van der Waals surface area contributed by atoms with E-state index >= 15 is 0 Å². The zero-order chi connectivity index (χ0) is 14.4. The van der Waals surface area contributed by atoms with E-state index < -0.39 is 0 Å². The monoisotopic (exact) mass is 276 g/mol. The van der Waals surface area contributed by atoms with Crippen LogP contribution in [-0.4, -0.2) is 26.1 Å². The first-order valence-corrected chi connectivity index (χ1v) is 7.33. The van der Waals surface area contributed by atoms with Crippen LogP contribution in [-0.2, 0) is 4.79 Å². The number of methoxy groups -OCH3 is 1. The predicted molar refractivity (Wildman–Crippen MR) is 79.8 cm³/mol. The standard InChI is InChI=1S/C16H24N2O2/c1-12(14-4-3-5-15(11-14)20-2)18-16(19)10-13-6-8-17-9-7-13/h3-5,11-13,17H,6-10H2,1-2H3,(H,18,19)/t12-/m0/s1. The zero-order valence-electron chi connectivity index (χ0n) is 12.3. The molecule has 1 aliphatic rings. The molecule has 1 aromatic rings. The molecule has 4 heteroatoms. The first-order chi connectivity index (χ1) is 9.69. The average molecular weight is 276 g/mol. The van der Waals surface area contributed by atoms with Crippen LogP contribution < -0.4 is 15.4 Å². The molecule has 1 fully saturated rings. The normalized spacial score (nSPS) is 17.5. The Bertz CT molecular complexity index is 442. The third-order valence-electron chi connectivity index (χ3n) is 3.90. The Morgan fingerprint density at radius 2 is 2.20 bits per heavy atom. The minimum Gasteiger partial charge on any atom is -0.497 e. The summed E-state index contributed by atoms with van der Waals surface area (Å²) in [4.78, 5) is 12.1. The molecule has 4 nitrogen and oxygen atoms in total. The van der Waals surface area contributed by atoms with Crippen LogP contribution in [0.15, 0.2) is 24.3 Å². The van der Waals surface area contributed by atoms with E-state index in [1.807, 2.05) is 31.2 Å². The molecule has 0 aromatic heterocycles. The molecular formula is C16H24N2O2. The second kappa shape index (κ2) is 7.29. The van der Waals surface area contributed by atoms with Crippen molar-refractivity contribution in [2.75, 3.05) is 20.2 Å². The number of carbonyl (C=O) groups excluding carboxylic acids is 1. The summed E-state index contributed by atoms with van der Waals surface area (Å²) in [5, 5.41) is 6.40. The zero-order valence-corrected chi connectivity index (χ0v) is 12.3. The Balaban J connectivity index is 1.86. The van der Waals surface area contributed by atoms with Crippen LogP contribution >= 0.6 is 0 Å². The van der Waals surface area contributed by atoms with E-state index in [-0.39, 0.29) is 11.9 Å². The smallest absolute Gasteiger partial charge is 0.220 e. The van der Waals surface area contributed by atoms with E-state index in [2.05, 4.69) is 10.6 Å². The van der Waals surface area contributed by atoms with Gasteiger partial charge < -0.3 is 15.4 Å². The molecule has 1 atom stereocenters. The van der Waals surface area contributed by atoms with Gasteiger partial charge in [-0.1, -0.05) is 12.1 Å². The van der Waals surface area contributed by atoms with Gasteiger partial charge in [-0.15, -0.1) is 0 Å². The second-order valence-corrected chi connectivity index (χ2v) is 5.46. The molecule has 0 unspecified atom stereocenters. The van der Waals surface area contributed by atoms with Gasteiger partial charge in [0.2, 0.25) is 5.91 Å². The molecule has 1 saturated heterocycles. The van der Waals surface area contributed by atoms with Crippen molar-refractivity contribution < 1.29 is 9.53 Å². The quantitative estimate of drug-likeness (QED) is 0.867. The van der Waals surface area contributed by atoms with Crippen molar-refractivity contribution in [3.05, 3.63) is 29.8 Å². The molecule has 1 amide bonds. The van der Waals surface area contributed by atoms with Crippen LogP contribution in [0.1, 0.15) is 37.8 Å². The third kappa shape index (κ3) is 4.23. The van der Waals surface area contributed by atoms with E-state index in [1.54, 1.807) is 7.11 Å². The van der Waals surface area contributed by atoms with E-state index in [0.717, 1.165) is 37.2 Å². The van der Waals surface area contributed by atoms with Crippen LogP contribution in [0.4, 0.5) is 0 Å². The van der Waals surface area contributed by atoms with Gasteiger partial charge in [0.05, 0.1) is 13.2 Å². The molecule has 1 heterocycles. The second-order valence-electron chi connectivity index (χ2n) is 5.46. The fraction of sp³-hybridized carbons (Fsp3) is 0.562.